The van der Waals surface area contributed by atoms with Crippen LogP contribution in [-0.2, 0) is 25.2 Å². The summed E-state index contributed by atoms with van der Waals surface area (Å²) in [5, 5.41) is 22.2. The van der Waals surface area contributed by atoms with Gasteiger partial charge in [-0.3, -0.25) is 29.6 Å². The van der Waals surface area contributed by atoms with Crippen LogP contribution in [0.4, 0.5) is 10.2 Å². The number of rotatable bonds is 11. The molecule has 192 valence electrons. The van der Waals surface area contributed by atoms with Crippen LogP contribution in [0.2, 0.25) is 0 Å². The van der Waals surface area contributed by atoms with E-state index in [4.69, 9.17) is 14.5 Å². The molecule has 0 aliphatic carbocycles. The summed E-state index contributed by atoms with van der Waals surface area (Å²) in [7, 11) is -3.67. The number of aromatic nitrogens is 3. The molecule has 0 saturated carbocycles. The lowest BCUT2D eigenvalue weighted by Crippen LogP contribution is -2.40. The number of pyridine rings is 1. The van der Waals surface area contributed by atoms with Crippen LogP contribution in [0.5, 0.6) is 0 Å². The van der Waals surface area contributed by atoms with E-state index in [1.165, 1.54) is 13.0 Å². The van der Waals surface area contributed by atoms with E-state index >= 15 is 4.39 Å². The molecule has 0 bridgehead atoms. The Morgan fingerprint density at radius 1 is 1.49 bits per heavy atom. The molecule has 2 aromatic rings. The van der Waals surface area contributed by atoms with Gasteiger partial charge in [0.25, 0.3) is 7.52 Å². The first-order chi connectivity index (χ1) is 16.5. The predicted octanol–water partition coefficient (Wildman–Crippen LogP) is 1.98. The molecule has 12 nitrogen and oxygen atoms in total. The minimum atomic E-state index is -3.67. The fraction of sp³-hybridized carbons (Fsp3) is 0.500. The zero-order valence-corrected chi connectivity index (χ0v) is 21.4. The van der Waals surface area contributed by atoms with E-state index in [2.05, 4.69) is 31.0 Å². The maximum absolute atomic E-state index is 15.4. The fourth-order valence-corrected chi connectivity index (χ4v) is 6.06. The second kappa shape index (κ2) is 11.3. The number of nitrogens with one attached hydrogen (secondary N) is 2. The van der Waals surface area contributed by atoms with Crippen molar-refractivity contribution < 1.29 is 33.3 Å². The highest BCUT2D eigenvalue weighted by Gasteiger charge is 2.57. The van der Waals surface area contributed by atoms with Crippen LogP contribution < -0.4 is 16.3 Å². The van der Waals surface area contributed by atoms with E-state index in [0.29, 0.717) is 0 Å². The van der Waals surface area contributed by atoms with Crippen LogP contribution in [0.3, 0.4) is 0 Å². The molecule has 4 N–H and O–H groups in total. The molecular formula is C20H26BrFN5O7P. The SMILES string of the molecule is CC(=O)[C@H](C)CP(=O)(NCc1cccnc1)OC[C@H]1O[C@@H](n2ccc(NO)nc2=O)[C@@](F)(Br)C1O. The van der Waals surface area contributed by atoms with Gasteiger partial charge in [-0.05, 0) is 40.5 Å². The number of nitrogens with zero attached hydrogens (tertiary/aromatic N) is 3. The van der Waals surface area contributed by atoms with Gasteiger partial charge in [-0.2, -0.15) is 4.98 Å². The molecule has 3 heterocycles. The van der Waals surface area contributed by atoms with E-state index in [1.807, 2.05) is 0 Å². The number of hydrogen-bond donors (Lipinski definition) is 4. The number of Topliss-reactive ketones (excluding diaryl/α,β-unsaturated/α-hetero) is 1. The van der Waals surface area contributed by atoms with Gasteiger partial charge in [0.1, 0.15) is 18.0 Å². The third-order valence-electron chi connectivity index (χ3n) is 5.48. The second-order valence-electron chi connectivity index (χ2n) is 8.12. The number of carbonyl (C=O) groups is 1. The molecule has 15 heteroatoms. The molecule has 2 unspecified atom stereocenters. The van der Waals surface area contributed by atoms with E-state index in [1.54, 1.807) is 36.9 Å². The van der Waals surface area contributed by atoms with Gasteiger partial charge in [-0.25, -0.2) is 14.3 Å². The Morgan fingerprint density at radius 3 is 2.83 bits per heavy atom. The van der Waals surface area contributed by atoms with Crippen LogP contribution in [-0.4, -0.2) is 60.2 Å². The summed E-state index contributed by atoms with van der Waals surface area (Å²) in [6.07, 6.45) is -0.628. The Morgan fingerprint density at radius 2 is 2.23 bits per heavy atom. The van der Waals surface area contributed by atoms with Crippen molar-refractivity contribution in [3.05, 3.63) is 52.8 Å². The molecule has 0 spiro atoms. The number of alkyl halides is 2. The number of aliphatic hydroxyl groups excluding tert-OH is 1. The van der Waals surface area contributed by atoms with Crippen molar-refractivity contribution in [1.29, 1.82) is 0 Å². The monoisotopic (exact) mass is 577 g/mol. The quantitative estimate of drug-likeness (QED) is 0.175. The first-order valence-electron chi connectivity index (χ1n) is 10.6. The van der Waals surface area contributed by atoms with Gasteiger partial charge in [0, 0.05) is 37.2 Å². The Labute approximate surface area is 208 Å². The summed E-state index contributed by atoms with van der Waals surface area (Å²) >= 11 is 2.78. The molecule has 1 aliphatic rings. The number of aliphatic hydroxyl groups is 1. The van der Waals surface area contributed by atoms with Crippen molar-refractivity contribution in [2.45, 2.75) is 43.4 Å². The fourth-order valence-electron chi connectivity index (χ4n) is 3.32. The summed E-state index contributed by atoms with van der Waals surface area (Å²) in [4.78, 5) is 31.5. The zero-order chi connectivity index (χ0) is 25.8. The van der Waals surface area contributed by atoms with Crippen LogP contribution in [0.15, 0.2) is 41.6 Å². The number of carbonyl (C=O) groups excluding carboxylic acids is 1. The van der Waals surface area contributed by atoms with Gasteiger partial charge in [-0.1, -0.05) is 13.0 Å². The van der Waals surface area contributed by atoms with Crippen molar-refractivity contribution >= 4 is 35.1 Å². The van der Waals surface area contributed by atoms with Gasteiger partial charge < -0.3 is 14.4 Å². The average molecular weight is 578 g/mol. The minimum absolute atomic E-state index is 0.129. The lowest BCUT2D eigenvalue weighted by Gasteiger charge is -2.24. The summed E-state index contributed by atoms with van der Waals surface area (Å²) in [5.74, 6) is -0.946. The van der Waals surface area contributed by atoms with E-state index < -0.39 is 48.7 Å². The van der Waals surface area contributed by atoms with E-state index in [-0.39, 0.29) is 24.3 Å². The second-order valence-corrected chi connectivity index (χ2v) is 11.6. The summed E-state index contributed by atoms with van der Waals surface area (Å²) < 4.78 is 38.3. The maximum atomic E-state index is 15.4. The summed E-state index contributed by atoms with van der Waals surface area (Å²) in [6, 6.07) is 4.67. The number of ether oxygens (including phenoxy) is 1. The third-order valence-corrected chi connectivity index (χ3v) is 8.57. The van der Waals surface area contributed by atoms with Gasteiger partial charge in [0.05, 0.1) is 6.61 Å². The number of ketones is 1. The van der Waals surface area contributed by atoms with E-state index in [9.17, 15) is 19.3 Å². The lowest BCUT2D eigenvalue weighted by atomic mass is 10.1. The zero-order valence-electron chi connectivity index (χ0n) is 18.9. The number of halogens is 2. The molecule has 0 aromatic carbocycles. The topological polar surface area (TPSA) is 165 Å². The standard InChI is InChI=1S/C20H26BrFN5O7P/c1-12(13(2)28)11-35(32,24-9-14-4-3-6-23-8-14)33-10-15-17(29)20(21,22)18(34-15)27-7-5-16(26-31)25-19(27)30/h3-8,12,15,17-18,29,31H,9-11H2,1-2H3,(H,24,32)(H,25,26,30)/t12-,15-,17?,18-,20-,35?/m1/s1. The molecule has 6 atom stereocenters. The molecule has 3 rings (SSSR count). The van der Waals surface area contributed by atoms with E-state index in [0.717, 1.165) is 16.3 Å². The molecular weight excluding hydrogens is 552 g/mol. The maximum Gasteiger partial charge on any atom is 0.351 e. The smallest absolute Gasteiger partial charge is 0.351 e. The number of hydrogen-bond acceptors (Lipinski definition) is 10. The highest BCUT2D eigenvalue weighted by molar-refractivity contribution is 9.10. The Kier molecular flexibility index (Phi) is 8.91. The van der Waals surface area contributed by atoms with Crippen molar-refractivity contribution in [3.8, 4) is 0 Å². The Balaban J connectivity index is 1.76. The van der Waals surface area contributed by atoms with Crippen LogP contribution in [0.25, 0.3) is 0 Å². The van der Waals surface area contributed by atoms with Gasteiger partial charge >= 0.3 is 5.69 Å². The Hall–Kier alpha value is -2.06. The largest absolute Gasteiger partial charge is 0.386 e. The van der Waals surface area contributed by atoms with Crippen LogP contribution in [0.1, 0.15) is 25.6 Å². The van der Waals surface area contributed by atoms with Crippen LogP contribution in [0, 0.1) is 5.92 Å². The van der Waals surface area contributed by atoms with Crippen molar-refractivity contribution in [2.75, 3.05) is 18.2 Å². The normalized spacial score (nSPS) is 26.7. The Bertz CT molecular complexity index is 1140. The average Bonchev–Trinajstić information content (AvgIpc) is 3.05. The highest BCUT2D eigenvalue weighted by Crippen LogP contribution is 2.49. The molecule has 35 heavy (non-hydrogen) atoms. The molecule has 1 saturated heterocycles. The molecule has 2 aromatic heterocycles. The van der Waals surface area contributed by atoms with Crippen molar-refractivity contribution in [3.63, 3.8) is 0 Å². The number of anilines is 1. The molecule has 0 radical (unpaired) electrons. The predicted molar refractivity (Wildman–Crippen MR) is 126 cm³/mol. The first kappa shape index (κ1) is 27.5. The van der Waals surface area contributed by atoms with Gasteiger partial charge in [-0.15, -0.1) is 0 Å². The van der Waals surface area contributed by atoms with Gasteiger partial charge in [0.15, 0.2) is 12.0 Å². The third kappa shape index (κ3) is 6.58. The van der Waals surface area contributed by atoms with Crippen molar-refractivity contribution in [2.24, 2.45) is 5.92 Å². The molecule has 0 amide bonds. The summed E-state index contributed by atoms with van der Waals surface area (Å²) in [6.45, 7) is 2.60. The molecule has 1 fully saturated rings. The van der Waals surface area contributed by atoms with Crippen LogP contribution >= 0.6 is 23.4 Å². The summed E-state index contributed by atoms with van der Waals surface area (Å²) in [5.41, 5.74) is 1.47. The molecule has 1 aliphatic heterocycles. The lowest BCUT2D eigenvalue weighted by molar-refractivity contribution is -0.119. The minimum Gasteiger partial charge on any atom is -0.386 e. The van der Waals surface area contributed by atoms with Crippen molar-refractivity contribution in [1.82, 2.24) is 19.6 Å². The van der Waals surface area contributed by atoms with Gasteiger partial charge in [0.2, 0.25) is 4.58 Å². The highest BCUT2D eigenvalue weighted by atomic mass is 79.9. The first-order valence-corrected chi connectivity index (χ1v) is 13.2.